The first kappa shape index (κ1) is 9.86. The lowest BCUT2D eigenvalue weighted by Gasteiger charge is -2.22. The Hall–Kier alpha value is -1.34. The molecule has 0 nitrogen and oxygen atoms in total. The van der Waals surface area contributed by atoms with Crippen molar-refractivity contribution in [2.75, 3.05) is 0 Å². The van der Waals surface area contributed by atoms with E-state index in [1.54, 1.807) is 0 Å². The Morgan fingerprint density at radius 1 is 1.25 bits per heavy atom. The van der Waals surface area contributed by atoms with Crippen LogP contribution in [0.15, 0.2) is 42.5 Å². The van der Waals surface area contributed by atoms with E-state index in [-0.39, 0.29) is 5.41 Å². The monoisotopic (exact) mass is 226 g/mol. The van der Waals surface area contributed by atoms with Crippen LogP contribution in [0.3, 0.4) is 0 Å². The summed E-state index contributed by atoms with van der Waals surface area (Å²) in [6.45, 7) is 8.48. The van der Waals surface area contributed by atoms with Gasteiger partial charge in [-0.1, -0.05) is 44.7 Å². The van der Waals surface area contributed by atoms with Gasteiger partial charge in [0.2, 0.25) is 0 Å². The van der Waals surface area contributed by atoms with E-state index in [4.69, 9.17) is 0 Å². The van der Waals surface area contributed by atoms with Gasteiger partial charge in [0.25, 0.3) is 0 Å². The number of fused-ring (bicyclic) bond motifs is 3. The molecule has 0 bridgehead atoms. The van der Waals surface area contributed by atoms with Gasteiger partial charge in [-0.05, 0) is 28.7 Å². The molecule has 0 saturated heterocycles. The van der Waals surface area contributed by atoms with Crippen molar-refractivity contribution in [1.29, 1.82) is 0 Å². The van der Waals surface area contributed by atoms with Gasteiger partial charge in [-0.25, -0.2) is 0 Å². The molecule has 0 unspecified atom stereocenters. The second-order valence-corrected chi connectivity index (χ2v) is 5.85. The molecule has 1 aromatic carbocycles. The maximum atomic E-state index is 3.92. The fraction of sp³-hybridized carbons (Fsp3) is 0.200. The molecule has 80 valence electrons. The van der Waals surface area contributed by atoms with Crippen LogP contribution in [-0.4, -0.2) is 0 Å². The predicted molar refractivity (Wildman–Crippen MR) is 73.0 cm³/mol. The summed E-state index contributed by atoms with van der Waals surface area (Å²) in [4.78, 5) is 1.40. The molecule has 0 fully saturated rings. The average molecular weight is 226 g/mol. The Morgan fingerprint density at radius 2 is 2.00 bits per heavy atom. The molecule has 16 heavy (non-hydrogen) atoms. The smallest absolute Gasteiger partial charge is 0.0352 e. The zero-order valence-corrected chi connectivity index (χ0v) is 10.4. The summed E-state index contributed by atoms with van der Waals surface area (Å²) >= 11 is 1.88. The zero-order chi connectivity index (χ0) is 11.3. The highest BCUT2D eigenvalue weighted by Crippen LogP contribution is 2.49. The minimum atomic E-state index is 0.108. The molecule has 0 N–H and O–H groups in total. The average Bonchev–Trinajstić information content (AvgIpc) is 2.73. The minimum Gasteiger partial charge on any atom is -0.135 e. The quantitative estimate of drug-likeness (QED) is 0.657. The first-order chi connectivity index (χ1) is 7.64. The van der Waals surface area contributed by atoms with Crippen LogP contribution in [0.5, 0.6) is 0 Å². The third-order valence-electron chi connectivity index (χ3n) is 3.48. The van der Waals surface area contributed by atoms with Crippen LogP contribution in [-0.2, 0) is 5.41 Å². The number of thiophene rings is 1. The zero-order valence-electron chi connectivity index (χ0n) is 9.58. The van der Waals surface area contributed by atoms with Gasteiger partial charge in [-0.3, -0.25) is 0 Å². The molecule has 1 heterocycles. The van der Waals surface area contributed by atoms with Crippen molar-refractivity contribution in [2.24, 2.45) is 0 Å². The van der Waals surface area contributed by atoms with Gasteiger partial charge in [-0.2, -0.15) is 0 Å². The Labute approximate surface area is 99.9 Å². The summed E-state index contributed by atoms with van der Waals surface area (Å²) in [6, 6.07) is 8.67. The number of hydrogen-bond acceptors (Lipinski definition) is 1. The fourth-order valence-corrected chi connectivity index (χ4v) is 3.91. The van der Waals surface area contributed by atoms with Crippen LogP contribution in [0.4, 0.5) is 0 Å². The van der Waals surface area contributed by atoms with Crippen LogP contribution in [0.25, 0.3) is 16.2 Å². The number of hydrogen-bond donors (Lipinski definition) is 0. The van der Waals surface area contributed by atoms with Gasteiger partial charge in [0.05, 0.1) is 0 Å². The van der Waals surface area contributed by atoms with Crippen molar-refractivity contribution >= 4 is 27.5 Å². The van der Waals surface area contributed by atoms with Gasteiger partial charge < -0.3 is 0 Å². The Morgan fingerprint density at radius 3 is 2.75 bits per heavy atom. The maximum Gasteiger partial charge on any atom is 0.0352 e. The topological polar surface area (TPSA) is 0 Å². The van der Waals surface area contributed by atoms with Crippen molar-refractivity contribution in [3.05, 3.63) is 52.9 Å². The van der Waals surface area contributed by atoms with E-state index in [2.05, 4.69) is 50.8 Å². The summed E-state index contributed by atoms with van der Waals surface area (Å²) in [7, 11) is 0. The molecule has 3 rings (SSSR count). The van der Waals surface area contributed by atoms with Gasteiger partial charge in [-0.15, -0.1) is 11.3 Å². The molecule has 1 aliphatic carbocycles. The molecule has 0 saturated carbocycles. The van der Waals surface area contributed by atoms with E-state index in [1.165, 1.54) is 26.1 Å². The lowest BCUT2D eigenvalue weighted by molar-refractivity contribution is 0.663. The molecule has 0 aliphatic heterocycles. The predicted octanol–water partition coefficient (Wildman–Crippen LogP) is 4.76. The van der Waals surface area contributed by atoms with E-state index in [9.17, 15) is 0 Å². The third kappa shape index (κ3) is 1.09. The Balaban J connectivity index is 2.39. The van der Waals surface area contributed by atoms with Gasteiger partial charge in [0, 0.05) is 15.0 Å². The minimum absolute atomic E-state index is 0.108. The lowest BCUT2D eigenvalue weighted by Crippen LogP contribution is -2.15. The summed E-state index contributed by atoms with van der Waals surface area (Å²) in [6.07, 6.45) is 4.27. The summed E-state index contributed by atoms with van der Waals surface area (Å²) in [5.41, 5.74) is 2.92. The van der Waals surface area contributed by atoms with Crippen molar-refractivity contribution in [1.82, 2.24) is 0 Å². The Kier molecular flexibility index (Phi) is 1.90. The van der Waals surface area contributed by atoms with Crippen LogP contribution >= 0.6 is 11.3 Å². The van der Waals surface area contributed by atoms with Gasteiger partial charge in [0.15, 0.2) is 0 Å². The third-order valence-corrected chi connectivity index (χ3v) is 4.59. The summed E-state index contributed by atoms with van der Waals surface area (Å²) < 4.78 is 1.39. The molecule has 0 radical (unpaired) electrons. The number of rotatable bonds is 1. The molecular weight excluding hydrogens is 212 g/mol. The standard InChI is InChI=1S/C15H14S/c1-4-10-9-13-14(15(10,2)3)11-7-5-6-8-12(11)16-13/h4-9H,1H2,2-3H3. The first-order valence-corrected chi connectivity index (χ1v) is 6.33. The van der Waals surface area contributed by atoms with E-state index in [1.807, 2.05) is 17.4 Å². The van der Waals surface area contributed by atoms with E-state index in [0.717, 1.165) is 0 Å². The molecule has 2 aromatic rings. The first-order valence-electron chi connectivity index (χ1n) is 5.51. The van der Waals surface area contributed by atoms with Crippen LogP contribution < -0.4 is 0 Å². The second-order valence-electron chi connectivity index (χ2n) is 4.77. The van der Waals surface area contributed by atoms with Crippen molar-refractivity contribution in [3.8, 4) is 0 Å². The molecular formula is C15H14S. The van der Waals surface area contributed by atoms with Gasteiger partial charge in [0.1, 0.15) is 0 Å². The van der Waals surface area contributed by atoms with Crippen molar-refractivity contribution < 1.29 is 0 Å². The van der Waals surface area contributed by atoms with Crippen LogP contribution in [0.2, 0.25) is 0 Å². The second kappa shape index (κ2) is 3.08. The highest BCUT2D eigenvalue weighted by molar-refractivity contribution is 7.20. The normalized spacial score (nSPS) is 17.2. The van der Waals surface area contributed by atoms with Crippen LogP contribution in [0.1, 0.15) is 24.3 Å². The van der Waals surface area contributed by atoms with E-state index in [0.29, 0.717) is 0 Å². The van der Waals surface area contributed by atoms with Gasteiger partial charge >= 0.3 is 0 Å². The summed E-state index contributed by atoms with van der Waals surface area (Å²) in [5, 5.41) is 1.40. The maximum absolute atomic E-state index is 3.92. The molecule has 0 atom stereocenters. The summed E-state index contributed by atoms with van der Waals surface area (Å²) in [5.74, 6) is 0. The molecule has 0 amide bonds. The SMILES string of the molecule is C=CC1=Cc2sc3ccccc3c2C1(C)C. The van der Waals surface area contributed by atoms with E-state index < -0.39 is 0 Å². The Bertz CT molecular complexity index is 611. The highest BCUT2D eigenvalue weighted by atomic mass is 32.1. The number of allylic oxidation sites excluding steroid dienone is 2. The van der Waals surface area contributed by atoms with E-state index >= 15 is 0 Å². The largest absolute Gasteiger partial charge is 0.135 e. The fourth-order valence-electron chi connectivity index (χ4n) is 2.59. The molecule has 0 spiro atoms. The highest BCUT2D eigenvalue weighted by Gasteiger charge is 2.34. The number of benzene rings is 1. The molecule has 1 aliphatic rings. The molecule has 1 heteroatoms. The van der Waals surface area contributed by atoms with Crippen LogP contribution in [0, 0.1) is 0 Å². The lowest BCUT2D eigenvalue weighted by atomic mass is 9.81. The van der Waals surface area contributed by atoms with Crippen molar-refractivity contribution in [3.63, 3.8) is 0 Å². The van der Waals surface area contributed by atoms with Crippen molar-refractivity contribution in [2.45, 2.75) is 19.3 Å². The molecule has 1 aromatic heterocycles.